The molecule has 1 N–H and O–H groups in total. The molecule has 1 aromatic carbocycles. The van der Waals surface area contributed by atoms with E-state index in [0.29, 0.717) is 28.6 Å². The van der Waals surface area contributed by atoms with Crippen molar-refractivity contribution in [1.82, 2.24) is 15.4 Å². The monoisotopic (exact) mass is 337 g/mol. The van der Waals surface area contributed by atoms with Gasteiger partial charge in [-0.05, 0) is 31.5 Å². The number of unbranched alkanes of at least 4 members (excludes halogenated alkanes) is 2. The fourth-order valence-electron chi connectivity index (χ4n) is 2.11. The zero-order valence-electron chi connectivity index (χ0n) is 13.3. The molecule has 2 rings (SSSR count). The van der Waals surface area contributed by atoms with Crippen LogP contribution >= 0.6 is 11.6 Å². The average Bonchev–Trinajstić information content (AvgIpc) is 3.02. The SMILES string of the molecule is CCCCCOc1ccc(Cl)cc1-c1n[nH]nc1C(=O)OCC. The number of esters is 1. The zero-order valence-corrected chi connectivity index (χ0v) is 14.0. The Labute approximate surface area is 140 Å². The summed E-state index contributed by atoms with van der Waals surface area (Å²) in [7, 11) is 0. The van der Waals surface area contributed by atoms with Gasteiger partial charge in [-0.1, -0.05) is 31.4 Å². The second kappa shape index (κ2) is 8.53. The number of aromatic nitrogens is 3. The van der Waals surface area contributed by atoms with Gasteiger partial charge >= 0.3 is 5.97 Å². The fraction of sp³-hybridized carbons (Fsp3) is 0.438. The Hall–Kier alpha value is -2.08. The van der Waals surface area contributed by atoms with Gasteiger partial charge in [0.05, 0.1) is 13.2 Å². The minimum absolute atomic E-state index is 0.118. The largest absolute Gasteiger partial charge is 0.493 e. The second-order valence-corrected chi connectivity index (χ2v) is 5.37. The van der Waals surface area contributed by atoms with Crippen LogP contribution in [-0.4, -0.2) is 34.6 Å². The Bertz CT molecular complexity index is 658. The average molecular weight is 338 g/mol. The van der Waals surface area contributed by atoms with Gasteiger partial charge in [0, 0.05) is 10.6 Å². The van der Waals surface area contributed by atoms with Crippen LogP contribution in [0.2, 0.25) is 5.02 Å². The Balaban J connectivity index is 2.29. The molecule has 0 amide bonds. The van der Waals surface area contributed by atoms with Crippen molar-refractivity contribution in [2.75, 3.05) is 13.2 Å². The van der Waals surface area contributed by atoms with Crippen molar-refractivity contribution >= 4 is 17.6 Å². The fourth-order valence-corrected chi connectivity index (χ4v) is 2.28. The van der Waals surface area contributed by atoms with Gasteiger partial charge in [-0.3, -0.25) is 0 Å². The number of carbonyl (C=O) groups excluding carboxylic acids is 1. The van der Waals surface area contributed by atoms with E-state index in [-0.39, 0.29) is 12.3 Å². The standard InChI is InChI=1S/C16H20ClN3O3/c1-3-5-6-9-23-13-8-7-11(17)10-12(13)14-15(19-20-18-14)16(21)22-4-2/h7-8,10H,3-6,9H2,1-2H3,(H,18,19,20). The maximum Gasteiger partial charge on any atom is 0.361 e. The number of hydrogen-bond donors (Lipinski definition) is 1. The molecule has 0 saturated heterocycles. The predicted molar refractivity (Wildman–Crippen MR) is 87.8 cm³/mol. The molecule has 0 radical (unpaired) electrons. The van der Waals surface area contributed by atoms with Crippen LogP contribution in [0.5, 0.6) is 5.75 Å². The number of H-pyrrole nitrogens is 1. The van der Waals surface area contributed by atoms with Gasteiger partial charge < -0.3 is 9.47 Å². The summed E-state index contributed by atoms with van der Waals surface area (Å²) >= 11 is 6.08. The lowest BCUT2D eigenvalue weighted by atomic mass is 10.1. The highest BCUT2D eigenvalue weighted by Gasteiger charge is 2.22. The summed E-state index contributed by atoms with van der Waals surface area (Å²) in [4.78, 5) is 12.0. The molecular formula is C16H20ClN3O3. The molecule has 7 heteroatoms. The molecule has 1 aromatic heterocycles. The number of nitrogens with one attached hydrogen (secondary N) is 1. The molecule has 0 bridgehead atoms. The van der Waals surface area contributed by atoms with Gasteiger partial charge in [-0.15, -0.1) is 5.10 Å². The van der Waals surface area contributed by atoms with Gasteiger partial charge in [0.15, 0.2) is 5.69 Å². The Morgan fingerprint density at radius 3 is 2.83 bits per heavy atom. The second-order valence-electron chi connectivity index (χ2n) is 4.94. The summed E-state index contributed by atoms with van der Waals surface area (Å²) in [5.74, 6) is 0.0816. The van der Waals surface area contributed by atoms with Crippen molar-refractivity contribution < 1.29 is 14.3 Å². The first kappa shape index (κ1) is 17.3. The summed E-state index contributed by atoms with van der Waals surface area (Å²) < 4.78 is 10.8. The van der Waals surface area contributed by atoms with Crippen molar-refractivity contribution in [3.8, 4) is 17.0 Å². The zero-order chi connectivity index (χ0) is 16.7. The van der Waals surface area contributed by atoms with Crippen LogP contribution in [0.1, 0.15) is 43.6 Å². The summed E-state index contributed by atoms with van der Waals surface area (Å²) in [6.07, 6.45) is 3.18. The van der Waals surface area contributed by atoms with Crippen LogP contribution in [0.25, 0.3) is 11.3 Å². The molecule has 2 aromatic rings. The first-order valence-electron chi connectivity index (χ1n) is 7.68. The van der Waals surface area contributed by atoms with Gasteiger partial charge in [-0.25, -0.2) is 4.79 Å². The lowest BCUT2D eigenvalue weighted by molar-refractivity contribution is 0.0520. The number of nitrogens with zero attached hydrogens (tertiary/aromatic N) is 2. The smallest absolute Gasteiger partial charge is 0.361 e. The summed E-state index contributed by atoms with van der Waals surface area (Å²) in [6.45, 7) is 4.73. The summed E-state index contributed by atoms with van der Waals surface area (Å²) in [5, 5.41) is 10.9. The van der Waals surface area contributed by atoms with E-state index in [9.17, 15) is 4.79 Å². The molecule has 0 aliphatic carbocycles. The van der Waals surface area contributed by atoms with Gasteiger partial charge in [0.25, 0.3) is 0 Å². The maximum absolute atomic E-state index is 12.0. The third-order valence-corrected chi connectivity index (χ3v) is 3.45. The Kier molecular flexibility index (Phi) is 6.40. The number of halogens is 1. The molecule has 124 valence electrons. The van der Waals surface area contributed by atoms with Crippen LogP contribution in [0.15, 0.2) is 18.2 Å². The molecule has 0 aliphatic heterocycles. The van der Waals surface area contributed by atoms with Gasteiger partial charge in [-0.2, -0.15) is 10.3 Å². The van der Waals surface area contributed by atoms with Crippen LogP contribution < -0.4 is 4.74 Å². The van der Waals surface area contributed by atoms with E-state index in [4.69, 9.17) is 21.1 Å². The highest BCUT2D eigenvalue weighted by Crippen LogP contribution is 2.33. The van der Waals surface area contributed by atoms with Crippen LogP contribution in [0, 0.1) is 0 Å². The van der Waals surface area contributed by atoms with Gasteiger partial charge in [0.2, 0.25) is 0 Å². The van der Waals surface area contributed by atoms with Crippen molar-refractivity contribution in [2.45, 2.75) is 33.1 Å². The maximum atomic E-state index is 12.0. The minimum Gasteiger partial charge on any atom is -0.493 e. The normalized spacial score (nSPS) is 10.6. The topological polar surface area (TPSA) is 77.1 Å². The number of carbonyl (C=O) groups is 1. The number of benzene rings is 1. The van der Waals surface area contributed by atoms with E-state index in [1.165, 1.54) is 0 Å². The van der Waals surface area contributed by atoms with Crippen molar-refractivity contribution in [3.05, 3.63) is 28.9 Å². The molecule has 0 saturated carbocycles. The molecular weight excluding hydrogens is 318 g/mol. The van der Waals surface area contributed by atoms with E-state index < -0.39 is 5.97 Å². The number of rotatable bonds is 8. The van der Waals surface area contributed by atoms with Crippen LogP contribution in [-0.2, 0) is 4.74 Å². The first-order valence-corrected chi connectivity index (χ1v) is 8.05. The summed E-state index contributed by atoms with van der Waals surface area (Å²) in [6, 6.07) is 5.22. The van der Waals surface area contributed by atoms with E-state index in [1.807, 2.05) is 0 Å². The highest BCUT2D eigenvalue weighted by atomic mass is 35.5. The van der Waals surface area contributed by atoms with Crippen LogP contribution in [0.4, 0.5) is 0 Å². The Morgan fingerprint density at radius 1 is 1.26 bits per heavy atom. The minimum atomic E-state index is -0.534. The van der Waals surface area contributed by atoms with Crippen molar-refractivity contribution in [2.24, 2.45) is 0 Å². The predicted octanol–water partition coefficient (Wildman–Crippen LogP) is 3.87. The van der Waals surface area contributed by atoms with E-state index in [2.05, 4.69) is 22.3 Å². The summed E-state index contributed by atoms with van der Waals surface area (Å²) in [5.41, 5.74) is 1.11. The molecule has 0 spiro atoms. The van der Waals surface area contributed by atoms with Crippen molar-refractivity contribution in [3.63, 3.8) is 0 Å². The number of hydrogen-bond acceptors (Lipinski definition) is 5. The molecule has 1 heterocycles. The molecule has 0 unspecified atom stereocenters. The lowest BCUT2D eigenvalue weighted by Crippen LogP contribution is -2.07. The van der Waals surface area contributed by atoms with Crippen LogP contribution in [0.3, 0.4) is 0 Å². The van der Waals surface area contributed by atoms with Gasteiger partial charge in [0.1, 0.15) is 11.4 Å². The molecule has 0 aliphatic rings. The third kappa shape index (κ3) is 4.45. The molecule has 0 atom stereocenters. The molecule has 0 fully saturated rings. The number of ether oxygens (including phenoxy) is 2. The third-order valence-electron chi connectivity index (χ3n) is 3.22. The van der Waals surface area contributed by atoms with E-state index in [1.54, 1.807) is 25.1 Å². The van der Waals surface area contributed by atoms with E-state index >= 15 is 0 Å². The van der Waals surface area contributed by atoms with Crippen molar-refractivity contribution in [1.29, 1.82) is 0 Å². The Morgan fingerprint density at radius 2 is 2.09 bits per heavy atom. The first-order chi connectivity index (χ1) is 11.2. The van der Waals surface area contributed by atoms with E-state index in [0.717, 1.165) is 19.3 Å². The quantitative estimate of drug-likeness (QED) is 0.584. The lowest BCUT2D eigenvalue weighted by Gasteiger charge is -2.11. The highest BCUT2D eigenvalue weighted by molar-refractivity contribution is 6.31. The molecule has 23 heavy (non-hydrogen) atoms. The molecule has 6 nitrogen and oxygen atoms in total. The number of aromatic amines is 1.